The van der Waals surface area contributed by atoms with Gasteiger partial charge in [0, 0.05) is 5.75 Å². The molecular weight excluding hydrogens is 188 g/mol. The molecule has 1 heteroatoms. The Balaban J connectivity index is 4.38. The van der Waals surface area contributed by atoms with E-state index >= 15 is 0 Å². The van der Waals surface area contributed by atoms with E-state index in [2.05, 4.69) is 19.4 Å². The summed E-state index contributed by atoms with van der Waals surface area (Å²) in [6, 6.07) is 0. The smallest absolute Gasteiger partial charge is 0.0600 e. The van der Waals surface area contributed by atoms with Crippen molar-refractivity contribution < 1.29 is 0 Å². The van der Waals surface area contributed by atoms with E-state index in [4.69, 9.17) is 6.42 Å². The van der Waals surface area contributed by atoms with Crippen LogP contribution in [0.4, 0.5) is 0 Å². The number of hydrogen-bond acceptors (Lipinski definition) is 1. The van der Waals surface area contributed by atoms with Gasteiger partial charge in [0.05, 0.1) is 4.91 Å². The number of terminal acetylenes is 1. The third-order valence-corrected chi connectivity index (χ3v) is 3.22. The van der Waals surface area contributed by atoms with E-state index in [1.807, 2.05) is 32.1 Å². The predicted octanol–water partition coefficient (Wildman–Crippen LogP) is 4.03. The summed E-state index contributed by atoms with van der Waals surface area (Å²) in [5.74, 6) is 4.22. The average Bonchev–Trinajstić information content (AvgIpc) is 2.18. The molecule has 0 saturated carbocycles. The normalized spacial score (nSPS) is 14.7. The summed E-state index contributed by atoms with van der Waals surface area (Å²) in [6.45, 7) is 9.93. The predicted molar refractivity (Wildman–Crippen MR) is 68.2 cm³/mol. The van der Waals surface area contributed by atoms with E-state index in [0.29, 0.717) is 5.92 Å². The van der Waals surface area contributed by atoms with Crippen LogP contribution in [-0.2, 0) is 0 Å². The molecule has 0 aromatic heterocycles. The van der Waals surface area contributed by atoms with E-state index in [-0.39, 0.29) is 0 Å². The van der Waals surface area contributed by atoms with Crippen LogP contribution in [0.1, 0.15) is 20.8 Å². The van der Waals surface area contributed by atoms with Gasteiger partial charge in [-0.25, -0.2) is 0 Å². The van der Waals surface area contributed by atoms with E-state index in [1.54, 1.807) is 11.8 Å². The maximum atomic E-state index is 5.44. The van der Waals surface area contributed by atoms with Crippen LogP contribution in [0.5, 0.6) is 0 Å². The number of allylic oxidation sites excluding steroid dienone is 5. The van der Waals surface area contributed by atoms with Crippen LogP contribution in [0, 0.1) is 18.3 Å². The maximum Gasteiger partial charge on any atom is 0.0600 e. The van der Waals surface area contributed by atoms with Crippen molar-refractivity contribution in [2.24, 2.45) is 5.92 Å². The SMILES string of the molecule is C#C/C(SC[C@H](C)C=C)=C(C)\C=C/C. The van der Waals surface area contributed by atoms with Crippen LogP contribution in [0.2, 0.25) is 0 Å². The molecule has 0 radical (unpaired) electrons. The molecule has 76 valence electrons. The first-order chi connectivity index (χ1) is 6.65. The minimum atomic E-state index is 0.502. The van der Waals surface area contributed by atoms with Crippen molar-refractivity contribution >= 4 is 11.8 Å². The zero-order valence-corrected chi connectivity index (χ0v) is 10.0. The molecule has 0 rings (SSSR count). The Morgan fingerprint density at radius 1 is 1.64 bits per heavy atom. The van der Waals surface area contributed by atoms with Crippen molar-refractivity contribution in [1.82, 2.24) is 0 Å². The van der Waals surface area contributed by atoms with Crippen LogP contribution < -0.4 is 0 Å². The second kappa shape index (κ2) is 7.53. The molecular formula is C13H18S. The summed E-state index contributed by atoms with van der Waals surface area (Å²) in [6.07, 6.45) is 11.4. The Hall–Kier alpha value is -0.870. The first-order valence-electron chi connectivity index (χ1n) is 4.71. The molecule has 0 fully saturated rings. The fraction of sp³-hybridized carbons (Fsp3) is 0.385. The molecule has 0 bridgehead atoms. The molecule has 0 heterocycles. The molecule has 0 aliphatic heterocycles. The average molecular weight is 206 g/mol. The van der Waals surface area contributed by atoms with Crippen LogP contribution in [0.25, 0.3) is 0 Å². The van der Waals surface area contributed by atoms with Crippen molar-refractivity contribution in [2.45, 2.75) is 20.8 Å². The second-order valence-corrected chi connectivity index (χ2v) is 4.21. The van der Waals surface area contributed by atoms with E-state index in [0.717, 1.165) is 16.2 Å². The van der Waals surface area contributed by atoms with Gasteiger partial charge >= 0.3 is 0 Å². The highest BCUT2D eigenvalue weighted by Gasteiger charge is 2.01. The van der Waals surface area contributed by atoms with Crippen molar-refractivity contribution in [2.75, 3.05) is 5.75 Å². The van der Waals surface area contributed by atoms with Crippen molar-refractivity contribution in [1.29, 1.82) is 0 Å². The first-order valence-corrected chi connectivity index (χ1v) is 5.69. The quantitative estimate of drug-likeness (QED) is 0.372. The Labute approximate surface area is 92.2 Å². The highest BCUT2D eigenvalue weighted by Crippen LogP contribution is 2.22. The van der Waals surface area contributed by atoms with Crippen LogP contribution in [0.15, 0.2) is 35.3 Å². The minimum Gasteiger partial charge on any atom is -0.116 e. The summed E-state index contributed by atoms with van der Waals surface area (Å²) >= 11 is 1.72. The highest BCUT2D eigenvalue weighted by atomic mass is 32.2. The molecule has 0 N–H and O–H groups in total. The lowest BCUT2D eigenvalue weighted by molar-refractivity contribution is 0.851. The van der Waals surface area contributed by atoms with Gasteiger partial charge in [0.1, 0.15) is 0 Å². The highest BCUT2D eigenvalue weighted by molar-refractivity contribution is 8.03. The topological polar surface area (TPSA) is 0 Å². The molecule has 0 spiro atoms. The molecule has 0 amide bonds. The first kappa shape index (κ1) is 13.1. The maximum absolute atomic E-state index is 5.44. The summed E-state index contributed by atoms with van der Waals surface area (Å²) < 4.78 is 0. The Bertz CT molecular complexity index is 276. The van der Waals surface area contributed by atoms with E-state index in [9.17, 15) is 0 Å². The van der Waals surface area contributed by atoms with Gasteiger partial charge in [-0.2, -0.15) is 0 Å². The lowest BCUT2D eigenvalue weighted by Gasteiger charge is -2.06. The summed E-state index contributed by atoms with van der Waals surface area (Å²) in [5.41, 5.74) is 1.16. The van der Waals surface area contributed by atoms with E-state index < -0.39 is 0 Å². The Kier molecular flexibility index (Phi) is 7.06. The molecule has 0 aromatic rings. The van der Waals surface area contributed by atoms with Gasteiger partial charge in [-0.15, -0.1) is 24.8 Å². The fourth-order valence-corrected chi connectivity index (χ4v) is 1.82. The zero-order chi connectivity index (χ0) is 11.0. The lowest BCUT2D eigenvalue weighted by atomic mass is 10.2. The van der Waals surface area contributed by atoms with Crippen LogP contribution in [0.3, 0.4) is 0 Å². The second-order valence-electron chi connectivity index (χ2n) is 3.18. The van der Waals surface area contributed by atoms with Gasteiger partial charge in [-0.1, -0.05) is 31.1 Å². The molecule has 14 heavy (non-hydrogen) atoms. The van der Waals surface area contributed by atoms with Crippen molar-refractivity contribution in [3.63, 3.8) is 0 Å². The van der Waals surface area contributed by atoms with Gasteiger partial charge in [0.25, 0.3) is 0 Å². The van der Waals surface area contributed by atoms with Crippen molar-refractivity contribution in [3.8, 4) is 12.3 Å². The zero-order valence-electron chi connectivity index (χ0n) is 9.21. The molecule has 0 aliphatic carbocycles. The van der Waals surface area contributed by atoms with Crippen LogP contribution in [-0.4, -0.2) is 5.75 Å². The third kappa shape index (κ3) is 4.99. The minimum absolute atomic E-state index is 0.502. The lowest BCUT2D eigenvalue weighted by Crippen LogP contribution is -1.93. The summed E-state index contributed by atoms with van der Waals surface area (Å²) in [7, 11) is 0. The Morgan fingerprint density at radius 2 is 2.29 bits per heavy atom. The van der Waals surface area contributed by atoms with Gasteiger partial charge in [0.2, 0.25) is 0 Å². The number of hydrogen-bond donors (Lipinski definition) is 0. The standard InChI is InChI=1S/C13H18S/c1-6-9-12(5)13(8-3)14-10-11(4)7-2/h3,6-7,9,11H,2,10H2,1,4-5H3/b9-6-,13-12+/t11-/m1/s1. The van der Waals surface area contributed by atoms with E-state index in [1.165, 1.54) is 0 Å². The number of rotatable bonds is 5. The molecule has 0 unspecified atom stereocenters. The monoisotopic (exact) mass is 206 g/mol. The van der Waals surface area contributed by atoms with Gasteiger partial charge in [-0.3, -0.25) is 0 Å². The molecule has 1 atom stereocenters. The summed E-state index contributed by atoms with van der Waals surface area (Å²) in [5, 5.41) is 0. The molecule has 0 aromatic carbocycles. The summed E-state index contributed by atoms with van der Waals surface area (Å²) in [4.78, 5) is 1.02. The van der Waals surface area contributed by atoms with Crippen LogP contribution >= 0.6 is 11.8 Å². The van der Waals surface area contributed by atoms with Crippen molar-refractivity contribution in [3.05, 3.63) is 35.3 Å². The van der Waals surface area contributed by atoms with Gasteiger partial charge in [0.15, 0.2) is 0 Å². The van der Waals surface area contributed by atoms with Gasteiger partial charge in [-0.05, 0) is 25.3 Å². The molecule has 0 saturated heterocycles. The molecule has 0 nitrogen and oxygen atoms in total. The largest absolute Gasteiger partial charge is 0.116 e. The third-order valence-electron chi connectivity index (χ3n) is 1.80. The number of thioether (sulfide) groups is 1. The fourth-order valence-electron chi connectivity index (χ4n) is 0.878. The molecule has 0 aliphatic rings. The van der Waals surface area contributed by atoms with Gasteiger partial charge < -0.3 is 0 Å². The Morgan fingerprint density at radius 3 is 2.71 bits per heavy atom.